The lowest BCUT2D eigenvalue weighted by molar-refractivity contribution is 0.271. The molecular weight excluding hydrogens is 354 g/mol. The smallest absolute Gasteiger partial charge is 0.189 e. The van der Waals surface area contributed by atoms with Gasteiger partial charge < -0.3 is 19.9 Å². The van der Waals surface area contributed by atoms with Gasteiger partial charge in [0.25, 0.3) is 0 Å². The Morgan fingerprint density at radius 3 is 2.64 bits per heavy atom. The molecule has 4 aromatic rings. The van der Waals surface area contributed by atoms with Crippen molar-refractivity contribution in [3.63, 3.8) is 0 Å². The average molecular weight is 375 g/mol. The largest absolute Gasteiger partial charge is 0.399 e. The van der Waals surface area contributed by atoms with Gasteiger partial charge in [-0.05, 0) is 49.2 Å². The third-order valence-electron chi connectivity index (χ3n) is 4.97. The van der Waals surface area contributed by atoms with Crippen LogP contribution in [-0.4, -0.2) is 14.8 Å². The van der Waals surface area contributed by atoms with Crippen LogP contribution in [0.2, 0.25) is 0 Å². The Hall–Kier alpha value is -3.38. The van der Waals surface area contributed by atoms with Crippen molar-refractivity contribution >= 4 is 16.6 Å². The summed E-state index contributed by atoms with van der Waals surface area (Å²) in [6.45, 7) is 4.01. The van der Waals surface area contributed by atoms with Crippen LogP contribution in [0.25, 0.3) is 22.0 Å². The Balaban J connectivity index is 1.97. The van der Waals surface area contributed by atoms with E-state index in [1.165, 1.54) is 6.07 Å². The predicted molar refractivity (Wildman–Crippen MR) is 109 cm³/mol. The number of rotatable bonds is 4. The molecule has 2 aromatic heterocycles. The summed E-state index contributed by atoms with van der Waals surface area (Å²) in [7, 11) is 0. The first-order chi connectivity index (χ1) is 13.5. The van der Waals surface area contributed by atoms with Crippen LogP contribution in [0, 0.1) is 13.8 Å². The minimum Gasteiger partial charge on any atom is -0.399 e. The Kier molecular flexibility index (Phi) is 4.49. The number of pyridine rings is 1. The van der Waals surface area contributed by atoms with Crippen molar-refractivity contribution in [3.8, 4) is 11.1 Å². The van der Waals surface area contributed by atoms with Gasteiger partial charge in [0.15, 0.2) is 5.43 Å². The summed E-state index contributed by atoms with van der Waals surface area (Å²) >= 11 is 0. The van der Waals surface area contributed by atoms with E-state index >= 15 is 0 Å². The predicted octanol–water partition coefficient (Wildman–Crippen LogP) is 3.40. The van der Waals surface area contributed by atoms with E-state index in [0.29, 0.717) is 23.3 Å². The number of anilines is 1. The first-order valence-corrected chi connectivity index (χ1v) is 9.03. The Morgan fingerprint density at radius 1 is 1.14 bits per heavy atom. The second-order valence-electron chi connectivity index (χ2n) is 6.92. The molecule has 0 radical (unpaired) electrons. The van der Waals surface area contributed by atoms with Crippen molar-refractivity contribution in [3.05, 3.63) is 81.5 Å². The lowest BCUT2D eigenvalue weighted by atomic mass is 10.0. The van der Waals surface area contributed by atoms with Gasteiger partial charge in [0, 0.05) is 34.9 Å². The van der Waals surface area contributed by atoms with Crippen LogP contribution >= 0.6 is 0 Å². The molecule has 142 valence electrons. The van der Waals surface area contributed by atoms with Gasteiger partial charge >= 0.3 is 0 Å². The summed E-state index contributed by atoms with van der Waals surface area (Å²) in [6.07, 6.45) is 0. The maximum Gasteiger partial charge on any atom is 0.189 e. The van der Waals surface area contributed by atoms with Crippen LogP contribution < -0.4 is 11.2 Å². The van der Waals surface area contributed by atoms with Crippen molar-refractivity contribution in [1.82, 2.24) is 9.72 Å². The minimum absolute atomic E-state index is 0.117. The summed E-state index contributed by atoms with van der Waals surface area (Å²) in [6, 6.07) is 14.7. The molecule has 2 aromatic carbocycles. The van der Waals surface area contributed by atoms with Gasteiger partial charge in [-0.1, -0.05) is 23.4 Å². The first-order valence-electron chi connectivity index (χ1n) is 9.03. The summed E-state index contributed by atoms with van der Waals surface area (Å²) in [4.78, 5) is 12.6. The van der Waals surface area contributed by atoms with Crippen LogP contribution in [0.5, 0.6) is 0 Å². The highest BCUT2D eigenvalue weighted by atomic mass is 16.5. The molecule has 6 nitrogen and oxygen atoms in total. The molecule has 0 bridgehead atoms. The van der Waals surface area contributed by atoms with Crippen molar-refractivity contribution in [1.29, 1.82) is 0 Å². The van der Waals surface area contributed by atoms with Gasteiger partial charge in [-0.2, -0.15) is 0 Å². The Labute approximate surface area is 161 Å². The van der Waals surface area contributed by atoms with E-state index in [1.54, 1.807) is 0 Å². The number of benzene rings is 2. The highest BCUT2D eigenvalue weighted by Crippen LogP contribution is 2.29. The third-order valence-corrected chi connectivity index (χ3v) is 4.97. The molecule has 0 amide bonds. The highest BCUT2D eigenvalue weighted by molar-refractivity contribution is 5.85. The molecule has 6 heteroatoms. The van der Waals surface area contributed by atoms with E-state index in [0.717, 1.165) is 33.7 Å². The topological polar surface area (TPSA) is 94.3 Å². The zero-order valence-electron chi connectivity index (χ0n) is 15.8. The van der Waals surface area contributed by atoms with Crippen LogP contribution in [0.1, 0.15) is 22.7 Å². The SMILES string of the molecule is Cc1noc(C)c1-c1ccc2c(=O)cc(CO)n(Cc3cccc(N)c3)c2c1. The zero-order chi connectivity index (χ0) is 19.8. The number of aliphatic hydroxyl groups is 1. The molecule has 0 atom stereocenters. The lowest BCUT2D eigenvalue weighted by Crippen LogP contribution is -2.15. The maximum absolute atomic E-state index is 12.6. The average Bonchev–Trinajstić information content (AvgIpc) is 3.02. The standard InChI is InChI=1S/C22H21N3O3/c1-13-22(14(2)28-24-13)16-6-7-19-20(9-16)25(18(12-26)10-21(19)27)11-15-4-3-5-17(23)8-15/h3-10,26H,11-12,23H2,1-2H3. The van der Waals surface area contributed by atoms with Crippen molar-refractivity contribution in [2.75, 3.05) is 5.73 Å². The normalized spacial score (nSPS) is 11.2. The van der Waals surface area contributed by atoms with Gasteiger partial charge in [0.05, 0.1) is 17.8 Å². The van der Waals surface area contributed by atoms with Gasteiger partial charge in [0.1, 0.15) is 5.76 Å². The molecule has 0 fully saturated rings. The van der Waals surface area contributed by atoms with E-state index < -0.39 is 0 Å². The summed E-state index contributed by atoms with van der Waals surface area (Å²) < 4.78 is 7.25. The fourth-order valence-corrected chi connectivity index (χ4v) is 3.67. The number of nitrogens with two attached hydrogens (primary N) is 1. The number of hydrogen-bond donors (Lipinski definition) is 2. The van der Waals surface area contributed by atoms with E-state index in [9.17, 15) is 9.90 Å². The van der Waals surface area contributed by atoms with Crippen molar-refractivity contribution in [2.24, 2.45) is 0 Å². The van der Waals surface area contributed by atoms with Crippen LogP contribution in [0.15, 0.2) is 57.8 Å². The van der Waals surface area contributed by atoms with Gasteiger partial charge in [-0.15, -0.1) is 0 Å². The third kappa shape index (κ3) is 3.08. The summed E-state index contributed by atoms with van der Waals surface area (Å²) in [5, 5.41) is 14.5. The number of fused-ring (bicyclic) bond motifs is 1. The number of hydrogen-bond acceptors (Lipinski definition) is 5. The van der Waals surface area contributed by atoms with E-state index in [4.69, 9.17) is 10.3 Å². The number of nitrogens with zero attached hydrogens (tertiary/aromatic N) is 2. The van der Waals surface area contributed by atoms with Crippen LogP contribution in [0.3, 0.4) is 0 Å². The molecule has 0 saturated heterocycles. The van der Waals surface area contributed by atoms with Crippen LogP contribution in [0.4, 0.5) is 5.69 Å². The maximum atomic E-state index is 12.6. The second-order valence-corrected chi connectivity index (χ2v) is 6.92. The number of aromatic nitrogens is 2. The second kappa shape index (κ2) is 6.98. The lowest BCUT2D eigenvalue weighted by Gasteiger charge is -2.17. The van der Waals surface area contributed by atoms with E-state index in [1.807, 2.05) is 60.9 Å². The zero-order valence-corrected chi connectivity index (χ0v) is 15.8. The van der Waals surface area contributed by atoms with E-state index in [2.05, 4.69) is 5.16 Å². The highest BCUT2D eigenvalue weighted by Gasteiger charge is 2.15. The molecule has 0 saturated carbocycles. The summed E-state index contributed by atoms with van der Waals surface area (Å²) in [5.74, 6) is 0.722. The Morgan fingerprint density at radius 2 is 1.96 bits per heavy atom. The Bertz CT molecular complexity index is 1220. The molecule has 4 rings (SSSR count). The number of aliphatic hydroxyl groups excluding tert-OH is 1. The summed E-state index contributed by atoms with van der Waals surface area (Å²) in [5.41, 5.74) is 11.4. The molecular formula is C22H21N3O3. The van der Waals surface area contributed by atoms with Gasteiger partial charge in [0.2, 0.25) is 0 Å². The van der Waals surface area contributed by atoms with Gasteiger partial charge in [-0.3, -0.25) is 4.79 Å². The quantitative estimate of drug-likeness (QED) is 0.533. The molecule has 0 aliphatic carbocycles. The fraction of sp³-hybridized carbons (Fsp3) is 0.182. The fourth-order valence-electron chi connectivity index (χ4n) is 3.67. The molecule has 28 heavy (non-hydrogen) atoms. The van der Waals surface area contributed by atoms with E-state index in [-0.39, 0.29) is 12.0 Å². The minimum atomic E-state index is -0.233. The molecule has 3 N–H and O–H groups in total. The molecule has 0 spiro atoms. The molecule has 0 aliphatic heterocycles. The molecule has 2 heterocycles. The van der Waals surface area contributed by atoms with Gasteiger partial charge in [-0.25, -0.2) is 0 Å². The number of aryl methyl sites for hydroxylation is 2. The number of nitrogen functional groups attached to an aromatic ring is 1. The van der Waals surface area contributed by atoms with Crippen molar-refractivity contribution in [2.45, 2.75) is 27.0 Å². The van der Waals surface area contributed by atoms with Crippen molar-refractivity contribution < 1.29 is 9.63 Å². The van der Waals surface area contributed by atoms with Crippen LogP contribution in [-0.2, 0) is 13.2 Å². The molecule has 0 unspecified atom stereocenters. The first kappa shape index (κ1) is 18.0. The monoisotopic (exact) mass is 375 g/mol. The molecule has 0 aliphatic rings.